The highest BCUT2D eigenvalue weighted by Gasteiger charge is 2.43. The van der Waals surface area contributed by atoms with Crippen molar-refractivity contribution in [2.24, 2.45) is 0 Å². The second-order valence-corrected chi connectivity index (χ2v) is 4.80. The molecule has 0 spiro atoms. The third-order valence-electron chi connectivity index (χ3n) is 3.32. The zero-order valence-electron chi connectivity index (χ0n) is 10.5. The van der Waals surface area contributed by atoms with E-state index in [-0.39, 0.29) is 0 Å². The summed E-state index contributed by atoms with van der Waals surface area (Å²) in [4.78, 5) is 0. The molecule has 1 aliphatic rings. The Hall–Kier alpha value is -1.53. The second kappa shape index (κ2) is 4.38. The van der Waals surface area contributed by atoms with Gasteiger partial charge >= 0.3 is 0 Å². The van der Waals surface area contributed by atoms with Crippen molar-refractivity contribution in [3.63, 3.8) is 0 Å². The molecule has 3 heteroatoms. The van der Waals surface area contributed by atoms with Crippen LogP contribution in [-0.4, -0.2) is 20.3 Å². The Kier molecular flexibility index (Phi) is 3.08. The van der Waals surface area contributed by atoms with Gasteiger partial charge in [-0.05, 0) is 17.5 Å². The summed E-state index contributed by atoms with van der Waals surface area (Å²) in [7, 11) is 1.65. The molecule has 0 bridgehead atoms. The van der Waals surface area contributed by atoms with E-state index in [4.69, 9.17) is 9.47 Å². The molecule has 0 aliphatic carbocycles. The lowest BCUT2D eigenvalue weighted by Crippen LogP contribution is -2.45. The number of nitriles is 1. The summed E-state index contributed by atoms with van der Waals surface area (Å²) >= 11 is 0. The van der Waals surface area contributed by atoms with Gasteiger partial charge in [-0.3, -0.25) is 0 Å². The SMILES string of the molecule is COc1cc(C(C)C)ccc1C1(C#N)COC1. The summed E-state index contributed by atoms with van der Waals surface area (Å²) in [6.45, 7) is 5.20. The highest BCUT2D eigenvalue weighted by molar-refractivity contribution is 5.48. The van der Waals surface area contributed by atoms with Gasteiger partial charge < -0.3 is 9.47 Å². The molecule has 0 atom stereocenters. The maximum atomic E-state index is 9.30. The topological polar surface area (TPSA) is 42.2 Å². The van der Waals surface area contributed by atoms with E-state index in [0.29, 0.717) is 19.1 Å². The molecule has 0 saturated carbocycles. The number of hydrogen-bond donors (Lipinski definition) is 0. The van der Waals surface area contributed by atoms with E-state index in [1.54, 1.807) is 7.11 Å². The summed E-state index contributed by atoms with van der Waals surface area (Å²) in [6.07, 6.45) is 0. The fraction of sp³-hybridized carbons (Fsp3) is 0.500. The van der Waals surface area contributed by atoms with Crippen LogP contribution in [0.25, 0.3) is 0 Å². The maximum Gasteiger partial charge on any atom is 0.132 e. The first kappa shape index (κ1) is 11.9. The molecule has 2 rings (SSSR count). The molecule has 0 aromatic heterocycles. The van der Waals surface area contributed by atoms with Crippen LogP contribution in [0.3, 0.4) is 0 Å². The molecule has 17 heavy (non-hydrogen) atoms. The zero-order valence-corrected chi connectivity index (χ0v) is 10.5. The molecule has 1 heterocycles. The van der Waals surface area contributed by atoms with Crippen molar-refractivity contribution >= 4 is 0 Å². The Bertz CT molecular complexity index is 456. The van der Waals surface area contributed by atoms with E-state index in [0.717, 1.165) is 11.3 Å². The highest BCUT2D eigenvalue weighted by atomic mass is 16.5. The van der Waals surface area contributed by atoms with Gasteiger partial charge in [-0.1, -0.05) is 26.0 Å². The van der Waals surface area contributed by atoms with Crippen molar-refractivity contribution in [2.45, 2.75) is 25.2 Å². The maximum absolute atomic E-state index is 9.30. The van der Waals surface area contributed by atoms with E-state index in [2.05, 4.69) is 26.0 Å². The zero-order chi connectivity index (χ0) is 12.5. The van der Waals surface area contributed by atoms with Crippen LogP contribution >= 0.6 is 0 Å². The van der Waals surface area contributed by atoms with Crippen molar-refractivity contribution in [2.75, 3.05) is 20.3 Å². The van der Waals surface area contributed by atoms with Gasteiger partial charge in [0.1, 0.15) is 11.2 Å². The van der Waals surface area contributed by atoms with Crippen LogP contribution in [0.2, 0.25) is 0 Å². The van der Waals surface area contributed by atoms with E-state index in [9.17, 15) is 5.26 Å². The molecule has 1 aromatic carbocycles. The molecule has 0 unspecified atom stereocenters. The normalized spacial score (nSPS) is 17.4. The number of nitrogens with zero attached hydrogens (tertiary/aromatic N) is 1. The van der Waals surface area contributed by atoms with E-state index in [1.807, 2.05) is 12.1 Å². The van der Waals surface area contributed by atoms with Gasteiger partial charge in [0.25, 0.3) is 0 Å². The second-order valence-electron chi connectivity index (χ2n) is 4.80. The van der Waals surface area contributed by atoms with Crippen molar-refractivity contribution in [1.82, 2.24) is 0 Å². The van der Waals surface area contributed by atoms with Gasteiger partial charge in [-0.15, -0.1) is 0 Å². The number of rotatable bonds is 3. The van der Waals surface area contributed by atoms with Gasteiger partial charge in [0, 0.05) is 5.56 Å². The van der Waals surface area contributed by atoms with Crippen molar-refractivity contribution in [3.8, 4) is 11.8 Å². The van der Waals surface area contributed by atoms with E-state index in [1.165, 1.54) is 5.56 Å². The Morgan fingerprint density at radius 2 is 2.12 bits per heavy atom. The van der Waals surface area contributed by atoms with Crippen molar-refractivity contribution in [3.05, 3.63) is 29.3 Å². The number of methoxy groups -OCH3 is 1. The van der Waals surface area contributed by atoms with Gasteiger partial charge in [-0.25, -0.2) is 0 Å². The summed E-state index contributed by atoms with van der Waals surface area (Å²) < 4.78 is 10.6. The van der Waals surface area contributed by atoms with Crippen LogP contribution in [-0.2, 0) is 10.2 Å². The van der Waals surface area contributed by atoms with Crippen molar-refractivity contribution in [1.29, 1.82) is 5.26 Å². The Labute approximate surface area is 102 Å². The molecule has 0 N–H and O–H groups in total. The van der Waals surface area contributed by atoms with E-state index >= 15 is 0 Å². The predicted octanol–water partition coefficient (Wildman–Crippen LogP) is 2.61. The summed E-state index contributed by atoms with van der Waals surface area (Å²) in [5.74, 6) is 1.25. The first-order chi connectivity index (χ1) is 8.13. The standard InChI is InChI=1S/C14H17NO2/c1-10(2)11-4-5-12(13(6-11)16-3)14(7-15)8-17-9-14/h4-6,10H,8-9H2,1-3H3. The van der Waals surface area contributed by atoms with Crippen LogP contribution in [0.15, 0.2) is 18.2 Å². The summed E-state index contributed by atoms with van der Waals surface area (Å²) in [5.41, 5.74) is 1.65. The third kappa shape index (κ3) is 1.89. The quantitative estimate of drug-likeness (QED) is 0.803. The Balaban J connectivity index is 2.45. The molecule has 1 fully saturated rings. The summed E-state index contributed by atoms with van der Waals surface area (Å²) in [6, 6.07) is 8.44. The molecule has 0 amide bonds. The Morgan fingerprint density at radius 3 is 2.53 bits per heavy atom. The van der Waals surface area contributed by atoms with Gasteiger partial charge in [0.2, 0.25) is 0 Å². The molecule has 90 valence electrons. The fourth-order valence-electron chi connectivity index (χ4n) is 2.05. The smallest absolute Gasteiger partial charge is 0.132 e. The molecular weight excluding hydrogens is 214 g/mol. The number of benzene rings is 1. The van der Waals surface area contributed by atoms with Gasteiger partial charge in [0.15, 0.2) is 0 Å². The van der Waals surface area contributed by atoms with Crippen LogP contribution in [0.4, 0.5) is 0 Å². The lowest BCUT2D eigenvalue weighted by atomic mass is 9.79. The lowest BCUT2D eigenvalue weighted by molar-refractivity contribution is -0.0307. The monoisotopic (exact) mass is 231 g/mol. The van der Waals surface area contributed by atoms with Gasteiger partial charge in [-0.2, -0.15) is 5.26 Å². The third-order valence-corrected chi connectivity index (χ3v) is 3.32. The minimum Gasteiger partial charge on any atom is -0.496 e. The van der Waals surface area contributed by atoms with Crippen molar-refractivity contribution < 1.29 is 9.47 Å². The highest BCUT2D eigenvalue weighted by Crippen LogP contribution is 2.38. The average Bonchev–Trinajstić information content (AvgIpc) is 2.28. The van der Waals surface area contributed by atoms with Crippen LogP contribution < -0.4 is 4.74 Å². The molecule has 1 aromatic rings. The molecule has 1 aliphatic heterocycles. The molecule has 0 radical (unpaired) electrons. The van der Waals surface area contributed by atoms with Crippen LogP contribution in [0, 0.1) is 11.3 Å². The lowest BCUT2D eigenvalue weighted by Gasteiger charge is -2.36. The summed E-state index contributed by atoms with van der Waals surface area (Å²) in [5, 5.41) is 9.30. The first-order valence-corrected chi connectivity index (χ1v) is 5.80. The number of ether oxygens (including phenoxy) is 2. The molecule has 1 saturated heterocycles. The number of hydrogen-bond acceptors (Lipinski definition) is 3. The minimum absolute atomic E-state index is 0.452. The minimum atomic E-state index is -0.513. The molecular formula is C14H17NO2. The predicted molar refractivity (Wildman–Crippen MR) is 65.2 cm³/mol. The van der Waals surface area contributed by atoms with Gasteiger partial charge in [0.05, 0.1) is 26.4 Å². The van der Waals surface area contributed by atoms with E-state index < -0.39 is 5.41 Å². The molecule has 3 nitrogen and oxygen atoms in total. The van der Waals surface area contributed by atoms with Crippen LogP contribution in [0.1, 0.15) is 30.9 Å². The largest absolute Gasteiger partial charge is 0.496 e. The van der Waals surface area contributed by atoms with Crippen LogP contribution in [0.5, 0.6) is 5.75 Å². The first-order valence-electron chi connectivity index (χ1n) is 5.80. The average molecular weight is 231 g/mol. The fourth-order valence-corrected chi connectivity index (χ4v) is 2.05. The Morgan fingerprint density at radius 1 is 1.41 bits per heavy atom.